The molecule has 2 N–H and O–H groups in total. The highest BCUT2D eigenvalue weighted by atomic mass is 16.1. The van der Waals surface area contributed by atoms with Crippen LogP contribution in [-0.2, 0) is 11.3 Å². The molecule has 0 aromatic carbocycles. The van der Waals surface area contributed by atoms with Crippen molar-refractivity contribution < 1.29 is 4.79 Å². The largest absolute Gasteiger partial charge is 0.353 e. The molecule has 2 heterocycles. The summed E-state index contributed by atoms with van der Waals surface area (Å²) in [7, 11) is 1.87. The molecule has 1 unspecified atom stereocenters. The Labute approximate surface area is 127 Å². The monoisotopic (exact) mass is 290 g/mol. The third-order valence-electron chi connectivity index (χ3n) is 4.00. The molecule has 5 nitrogen and oxygen atoms in total. The average Bonchev–Trinajstić information content (AvgIpc) is 2.50. The van der Waals surface area contributed by atoms with Crippen LogP contribution < -0.4 is 10.6 Å². The van der Waals surface area contributed by atoms with Crippen molar-refractivity contribution in [3.05, 3.63) is 30.1 Å². The number of amides is 1. The maximum atomic E-state index is 12.0. The number of hydrogen-bond acceptors (Lipinski definition) is 4. The molecule has 2 rings (SSSR count). The lowest BCUT2D eigenvalue weighted by molar-refractivity contribution is -0.125. The Kier molecular flexibility index (Phi) is 6.14. The van der Waals surface area contributed by atoms with Crippen LogP contribution in [-0.4, -0.2) is 48.5 Å². The zero-order valence-electron chi connectivity index (χ0n) is 13.0. The van der Waals surface area contributed by atoms with E-state index in [1.54, 1.807) is 0 Å². The number of pyridine rings is 1. The van der Waals surface area contributed by atoms with Gasteiger partial charge in [0.05, 0.1) is 5.69 Å². The number of carbonyl (C=O) groups is 1. The molecule has 1 aromatic heterocycles. The standard InChI is InChI=1S/C16H26N4O/c1-13(11-17-2)16(21)19-14-6-9-20(10-7-14)12-15-5-3-4-8-18-15/h3-5,8,13-14,17H,6-7,9-12H2,1-2H3,(H,19,21). The SMILES string of the molecule is CNCC(C)C(=O)NC1CCN(Cc2ccccn2)CC1. The molecule has 0 saturated carbocycles. The van der Waals surface area contributed by atoms with Crippen LogP contribution >= 0.6 is 0 Å². The maximum absolute atomic E-state index is 12.0. The summed E-state index contributed by atoms with van der Waals surface area (Å²) >= 11 is 0. The smallest absolute Gasteiger partial charge is 0.224 e. The Balaban J connectivity index is 1.72. The zero-order chi connectivity index (χ0) is 15.1. The first-order valence-corrected chi connectivity index (χ1v) is 7.76. The molecule has 1 saturated heterocycles. The van der Waals surface area contributed by atoms with Crippen LogP contribution in [0, 0.1) is 5.92 Å². The molecular weight excluding hydrogens is 264 g/mol. The molecule has 0 radical (unpaired) electrons. The molecule has 1 aliphatic rings. The van der Waals surface area contributed by atoms with Crippen LogP contribution in [0.1, 0.15) is 25.5 Å². The highest BCUT2D eigenvalue weighted by Crippen LogP contribution is 2.13. The second-order valence-electron chi connectivity index (χ2n) is 5.84. The van der Waals surface area contributed by atoms with Gasteiger partial charge < -0.3 is 10.6 Å². The molecule has 0 bridgehead atoms. The van der Waals surface area contributed by atoms with Gasteiger partial charge >= 0.3 is 0 Å². The van der Waals surface area contributed by atoms with Crippen LogP contribution in [0.5, 0.6) is 0 Å². The van der Waals surface area contributed by atoms with Crippen LogP contribution in [0.15, 0.2) is 24.4 Å². The maximum Gasteiger partial charge on any atom is 0.224 e. The first-order valence-electron chi connectivity index (χ1n) is 7.76. The highest BCUT2D eigenvalue weighted by Gasteiger charge is 2.22. The van der Waals surface area contributed by atoms with Crippen molar-refractivity contribution in [2.24, 2.45) is 5.92 Å². The van der Waals surface area contributed by atoms with E-state index >= 15 is 0 Å². The Morgan fingerprint density at radius 3 is 2.81 bits per heavy atom. The molecule has 0 spiro atoms. The summed E-state index contributed by atoms with van der Waals surface area (Å²) in [6, 6.07) is 6.35. The van der Waals surface area contributed by atoms with E-state index in [9.17, 15) is 4.79 Å². The molecule has 0 aliphatic carbocycles. The molecule has 1 aromatic rings. The van der Waals surface area contributed by atoms with Gasteiger partial charge in [0.25, 0.3) is 0 Å². The van der Waals surface area contributed by atoms with Gasteiger partial charge in [-0.2, -0.15) is 0 Å². The average molecular weight is 290 g/mol. The molecule has 1 amide bonds. The summed E-state index contributed by atoms with van der Waals surface area (Å²) in [6.45, 7) is 5.62. The fourth-order valence-corrected chi connectivity index (χ4v) is 2.70. The normalized spacial score (nSPS) is 18.4. The predicted molar refractivity (Wildman–Crippen MR) is 83.8 cm³/mol. The lowest BCUT2D eigenvalue weighted by Crippen LogP contribution is -2.46. The molecule has 1 fully saturated rings. The van der Waals surface area contributed by atoms with E-state index in [1.807, 2.05) is 32.3 Å². The van der Waals surface area contributed by atoms with Crippen LogP contribution in [0.3, 0.4) is 0 Å². The van der Waals surface area contributed by atoms with Crippen molar-refractivity contribution in [1.29, 1.82) is 0 Å². The molecule has 21 heavy (non-hydrogen) atoms. The van der Waals surface area contributed by atoms with Crippen LogP contribution in [0.4, 0.5) is 0 Å². The lowest BCUT2D eigenvalue weighted by atomic mass is 10.0. The Bertz CT molecular complexity index is 429. The van der Waals surface area contributed by atoms with E-state index in [2.05, 4.69) is 26.6 Å². The number of hydrogen-bond donors (Lipinski definition) is 2. The first-order chi connectivity index (χ1) is 10.2. The third kappa shape index (κ3) is 5.10. The van der Waals surface area contributed by atoms with Gasteiger partial charge in [0.1, 0.15) is 0 Å². The highest BCUT2D eigenvalue weighted by molar-refractivity contribution is 5.78. The van der Waals surface area contributed by atoms with Gasteiger partial charge in [-0.05, 0) is 32.0 Å². The van der Waals surface area contributed by atoms with Crippen LogP contribution in [0.2, 0.25) is 0 Å². The predicted octanol–water partition coefficient (Wildman–Crippen LogP) is 1.02. The van der Waals surface area contributed by atoms with E-state index in [0.29, 0.717) is 6.04 Å². The molecule has 1 atom stereocenters. The topological polar surface area (TPSA) is 57.3 Å². The third-order valence-corrected chi connectivity index (χ3v) is 4.00. The van der Waals surface area contributed by atoms with Crippen molar-refractivity contribution in [3.63, 3.8) is 0 Å². The van der Waals surface area contributed by atoms with E-state index in [1.165, 1.54) is 0 Å². The summed E-state index contributed by atoms with van der Waals surface area (Å²) < 4.78 is 0. The Morgan fingerprint density at radius 1 is 1.43 bits per heavy atom. The number of carbonyl (C=O) groups excluding carboxylic acids is 1. The van der Waals surface area contributed by atoms with Gasteiger partial charge in [-0.15, -0.1) is 0 Å². The Morgan fingerprint density at radius 2 is 2.19 bits per heavy atom. The second-order valence-corrected chi connectivity index (χ2v) is 5.84. The zero-order valence-corrected chi connectivity index (χ0v) is 13.0. The number of aromatic nitrogens is 1. The number of rotatable bonds is 6. The summed E-state index contributed by atoms with van der Waals surface area (Å²) in [5.74, 6) is 0.189. The fraction of sp³-hybridized carbons (Fsp3) is 0.625. The fourth-order valence-electron chi connectivity index (χ4n) is 2.70. The number of piperidine rings is 1. The minimum atomic E-state index is 0.0292. The van der Waals surface area contributed by atoms with E-state index in [0.717, 1.165) is 44.7 Å². The number of nitrogens with zero attached hydrogens (tertiary/aromatic N) is 2. The van der Waals surface area contributed by atoms with Gasteiger partial charge in [0.15, 0.2) is 0 Å². The van der Waals surface area contributed by atoms with Gasteiger partial charge in [0, 0.05) is 44.3 Å². The van der Waals surface area contributed by atoms with Crippen molar-refractivity contribution in [2.75, 3.05) is 26.7 Å². The number of nitrogens with one attached hydrogen (secondary N) is 2. The molecule has 5 heteroatoms. The van der Waals surface area contributed by atoms with E-state index in [4.69, 9.17) is 0 Å². The Hall–Kier alpha value is -1.46. The summed E-state index contributed by atoms with van der Waals surface area (Å²) in [5, 5.41) is 6.21. The second kappa shape index (κ2) is 8.10. The molecule has 1 aliphatic heterocycles. The van der Waals surface area contributed by atoms with Gasteiger partial charge in [-0.25, -0.2) is 0 Å². The summed E-state index contributed by atoms with van der Waals surface area (Å²) in [5.41, 5.74) is 1.11. The minimum absolute atomic E-state index is 0.0292. The van der Waals surface area contributed by atoms with Gasteiger partial charge in [-0.1, -0.05) is 13.0 Å². The molecule has 116 valence electrons. The van der Waals surface area contributed by atoms with Crippen molar-refractivity contribution in [2.45, 2.75) is 32.4 Å². The van der Waals surface area contributed by atoms with Crippen molar-refractivity contribution in [3.8, 4) is 0 Å². The lowest BCUT2D eigenvalue weighted by Gasteiger charge is -2.32. The number of likely N-dealkylation sites (tertiary alicyclic amines) is 1. The minimum Gasteiger partial charge on any atom is -0.353 e. The van der Waals surface area contributed by atoms with Gasteiger partial charge in [-0.3, -0.25) is 14.7 Å². The first kappa shape index (κ1) is 15.9. The quantitative estimate of drug-likeness (QED) is 0.821. The van der Waals surface area contributed by atoms with E-state index < -0.39 is 0 Å². The van der Waals surface area contributed by atoms with E-state index in [-0.39, 0.29) is 11.8 Å². The summed E-state index contributed by atoms with van der Waals surface area (Å²) in [6.07, 6.45) is 3.88. The van der Waals surface area contributed by atoms with Crippen LogP contribution in [0.25, 0.3) is 0 Å². The molecular formula is C16H26N4O. The summed E-state index contributed by atoms with van der Waals surface area (Å²) in [4.78, 5) is 18.8. The van der Waals surface area contributed by atoms with Gasteiger partial charge in [0.2, 0.25) is 5.91 Å². The van der Waals surface area contributed by atoms with Crippen molar-refractivity contribution >= 4 is 5.91 Å². The van der Waals surface area contributed by atoms with Crippen molar-refractivity contribution in [1.82, 2.24) is 20.5 Å².